The van der Waals surface area contributed by atoms with Gasteiger partial charge in [-0.2, -0.15) is 0 Å². The van der Waals surface area contributed by atoms with Gasteiger partial charge in [0.25, 0.3) is 0 Å². The van der Waals surface area contributed by atoms with E-state index in [-0.39, 0.29) is 11.9 Å². The average Bonchev–Trinajstić information content (AvgIpc) is 2.40. The number of halogens is 2. The third-order valence-electron chi connectivity index (χ3n) is 3.28. The van der Waals surface area contributed by atoms with Crippen molar-refractivity contribution in [2.75, 3.05) is 19.6 Å². The molecule has 0 spiro atoms. The van der Waals surface area contributed by atoms with E-state index < -0.39 is 0 Å². The summed E-state index contributed by atoms with van der Waals surface area (Å²) in [4.78, 5) is 0. The van der Waals surface area contributed by atoms with Gasteiger partial charge in [0, 0.05) is 19.6 Å². The zero-order chi connectivity index (χ0) is 13.0. The number of nitrogens with one attached hydrogen (secondary N) is 1. The second-order valence-corrected chi connectivity index (χ2v) is 5.49. The van der Waals surface area contributed by atoms with E-state index >= 15 is 0 Å². The van der Waals surface area contributed by atoms with Crippen LogP contribution in [0.3, 0.4) is 0 Å². The maximum atomic E-state index is 13.2. The van der Waals surface area contributed by atoms with Gasteiger partial charge in [0.05, 0.1) is 10.5 Å². The van der Waals surface area contributed by atoms with Crippen LogP contribution in [0, 0.1) is 5.82 Å². The van der Waals surface area contributed by atoms with Gasteiger partial charge in [0.1, 0.15) is 5.82 Å². The third-order valence-corrected chi connectivity index (χ3v) is 3.88. The molecular formula is C13H19BrFN3. The Morgan fingerprint density at radius 1 is 1.33 bits per heavy atom. The van der Waals surface area contributed by atoms with Gasteiger partial charge in [0.2, 0.25) is 0 Å². The van der Waals surface area contributed by atoms with Gasteiger partial charge in [-0.1, -0.05) is 12.5 Å². The molecule has 5 heteroatoms. The van der Waals surface area contributed by atoms with Crippen molar-refractivity contribution in [2.45, 2.75) is 25.3 Å². The highest BCUT2D eigenvalue weighted by Crippen LogP contribution is 2.21. The average molecular weight is 316 g/mol. The van der Waals surface area contributed by atoms with Crippen LogP contribution in [0.15, 0.2) is 22.7 Å². The summed E-state index contributed by atoms with van der Waals surface area (Å²) in [6.07, 6.45) is 3.74. The standard InChI is InChI=1S/C13H19BrFN3/c14-11-8-10(4-5-12(11)15)13(9-16)17-18-6-2-1-3-7-18/h4-5,8,13,17H,1-3,6-7,9,16H2. The Morgan fingerprint density at radius 3 is 2.67 bits per heavy atom. The molecule has 0 amide bonds. The first-order valence-corrected chi connectivity index (χ1v) is 7.16. The molecule has 1 heterocycles. The molecule has 2 rings (SSSR count). The fraction of sp³-hybridized carbons (Fsp3) is 0.538. The fourth-order valence-corrected chi connectivity index (χ4v) is 2.63. The molecule has 3 N–H and O–H groups in total. The molecule has 0 radical (unpaired) electrons. The molecule has 0 bridgehead atoms. The maximum Gasteiger partial charge on any atom is 0.137 e. The van der Waals surface area contributed by atoms with E-state index in [1.165, 1.54) is 25.3 Å². The predicted molar refractivity (Wildman–Crippen MR) is 74.5 cm³/mol. The summed E-state index contributed by atoms with van der Waals surface area (Å²) < 4.78 is 13.7. The number of benzene rings is 1. The molecule has 1 aliphatic heterocycles. The molecule has 1 atom stereocenters. The highest BCUT2D eigenvalue weighted by atomic mass is 79.9. The van der Waals surface area contributed by atoms with Crippen LogP contribution in [0.1, 0.15) is 30.9 Å². The van der Waals surface area contributed by atoms with E-state index in [1.807, 2.05) is 0 Å². The summed E-state index contributed by atoms with van der Waals surface area (Å²) in [5, 5.41) is 2.22. The molecule has 1 unspecified atom stereocenters. The zero-order valence-corrected chi connectivity index (χ0v) is 11.9. The molecule has 0 aliphatic carbocycles. The summed E-state index contributed by atoms with van der Waals surface area (Å²) >= 11 is 3.21. The molecule has 18 heavy (non-hydrogen) atoms. The molecule has 3 nitrogen and oxygen atoms in total. The van der Waals surface area contributed by atoms with Crippen LogP contribution in [-0.4, -0.2) is 24.6 Å². The number of piperidine rings is 1. The Hall–Kier alpha value is -0.490. The van der Waals surface area contributed by atoms with Crippen LogP contribution in [0.25, 0.3) is 0 Å². The smallest absolute Gasteiger partial charge is 0.137 e. The van der Waals surface area contributed by atoms with Crippen LogP contribution in [0.4, 0.5) is 4.39 Å². The van der Waals surface area contributed by atoms with E-state index in [0.29, 0.717) is 11.0 Å². The van der Waals surface area contributed by atoms with E-state index in [9.17, 15) is 4.39 Å². The van der Waals surface area contributed by atoms with Crippen molar-refractivity contribution in [3.63, 3.8) is 0 Å². The quantitative estimate of drug-likeness (QED) is 0.897. The van der Waals surface area contributed by atoms with E-state index in [4.69, 9.17) is 5.73 Å². The molecule has 100 valence electrons. The Bertz CT molecular complexity index is 394. The monoisotopic (exact) mass is 315 g/mol. The van der Waals surface area contributed by atoms with Crippen molar-refractivity contribution in [1.82, 2.24) is 10.4 Å². The number of hydrogen-bond acceptors (Lipinski definition) is 3. The lowest BCUT2D eigenvalue weighted by Crippen LogP contribution is -2.45. The first kappa shape index (κ1) is 13.9. The van der Waals surface area contributed by atoms with Gasteiger partial charge in [-0.15, -0.1) is 0 Å². The minimum absolute atomic E-state index is 0.0417. The van der Waals surface area contributed by atoms with Crippen LogP contribution in [0.5, 0.6) is 0 Å². The minimum Gasteiger partial charge on any atom is -0.329 e. The number of hydrogen-bond donors (Lipinski definition) is 2. The Balaban J connectivity index is 2.04. The number of nitrogens with two attached hydrogens (primary N) is 1. The minimum atomic E-state index is -0.243. The van der Waals surface area contributed by atoms with Crippen LogP contribution in [-0.2, 0) is 0 Å². The van der Waals surface area contributed by atoms with Gasteiger partial charge < -0.3 is 5.73 Å². The van der Waals surface area contributed by atoms with E-state index in [2.05, 4.69) is 26.4 Å². The van der Waals surface area contributed by atoms with Crippen LogP contribution in [0.2, 0.25) is 0 Å². The number of hydrazine groups is 1. The highest BCUT2D eigenvalue weighted by Gasteiger charge is 2.16. The first-order valence-electron chi connectivity index (χ1n) is 6.37. The topological polar surface area (TPSA) is 41.3 Å². The van der Waals surface area contributed by atoms with Crippen molar-refractivity contribution in [3.8, 4) is 0 Å². The van der Waals surface area contributed by atoms with E-state index in [0.717, 1.165) is 18.7 Å². The molecule has 1 aliphatic rings. The van der Waals surface area contributed by atoms with Crippen LogP contribution < -0.4 is 11.2 Å². The maximum absolute atomic E-state index is 13.2. The highest BCUT2D eigenvalue weighted by molar-refractivity contribution is 9.10. The van der Waals surface area contributed by atoms with Crippen molar-refractivity contribution >= 4 is 15.9 Å². The van der Waals surface area contributed by atoms with Gasteiger partial charge in [-0.25, -0.2) is 14.8 Å². The lowest BCUT2D eigenvalue weighted by Gasteiger charge is -2.31. The third kappa shape index (κ3) is 3.51. The number of rotatable bonds is 4. The second-order valence-electron chi connectivity index (χ2n) is 4.64. The van der Waals surface area contributed by atoms with Gasteiger partial charge in [-0.3, -0.25) is 0 Å². The Kier molecular flexibility index (Phi) is 5.12. The molecule has 0 saturated carbocycles. The Morgan fingerprint density at radius 2 is 2.06 bits per heavy atom. The predicted octanol–water partition coefficient (Wildman–Crippen LogP) is 2.58. The van der Waals surface area contributed by atoms with Gasteiger partial charge in [0.15, 0.2) is 0 Å². The van der Waals surface area contributed by atoms with Gasteiger partial charge >= 0.3 is 0 Å². The zero-order valence-electron chi connectivity index (χ0n) is 10.3. The SMILES string of the molecule is NCC(NN1CCCCC1)c1ccc(F)c(Br)c1. The lowest BCUT2D eigenvalue weighted by molar-refractivity contribution is 0.130. The molecule has 1 saturated heterocycles. The van der Waals surface area contributed by atoms with E-state index in [1.54, 1.807) is 12.1 Å². The summed E-state index contributed by atoms with van der Waals surface area (Å²) in [6, 6.07) is 5.10. The molecule has 0 aromatic heterocycles. The first-order chi connectivity index (χ1) is 8.70. The van der Waals surface area contributed by atoms with Crippen molar-refractivity contribution in [1.29, 1.82) is 0 Å². The normalized spacial score (nSPS) is 18.8. The summed E-state index contributed by atoms with van der Waals surface area (Å²) in [6.45, 7) is 2.60. The molecular weight excluding hydrogens is 297 g/mol. The Labute approximate surface area is 116 Å². The fourth-order valence-electron chi connectivity index (χ4n) is 2.24. The summed E-state index contributed by atoms with van der Waals surface area (Å²) in [5.74, 6) is -0.243. The van der Waals surface area contributed by atoms with Crippen molar-refractivity contribution in [3.05, 3.63) is 34.1 Å². The molecule has 1 aromatic carbocycles. The number of nitrogens with zero attached hydrogens (tertiary/aromatic N) is 1. The largest absolute Gasteiger partial charge is 0.329 e. The lowest BCUT2D eigenvalue weighted by atomic mass is 10.1. The van der Waals surface area contributed by atoms with Crippen molar-refractivity contribution in [2.24, 2.45) is 5.73 Å². The van der Waals surface area contributed by atoms with Crippen LogP contribution >= 0.6 is 15.9 Å². The second kappa shape index (κ2) is 6.61. The summed E-state index contributed by atoms with van der Waals surface area (Å²) in [7, 11) is 0. The molecule has 1 aromatic rings. The summed E-state index contributed by atoms with van der Waals surface area (Å²) in [5.41, 5.74) is 10.3. The van der Waals surface area contributed by atoms with Crippen molar-refractivity contribution < 1.29 is 4.39 Å². The molecule has 1 fully saturated rings. The van der Waals surface area contributed by atoms with Gasteiger partial charge in [-0.05, 0) is 46.5 Å².